The summed E-state index contributed by atoms with van der Waals surface area (Å²) in [6.45, 7) is 8.13. The molecule has 0 bridgehead atoms. The number of hydrogen-bond donors (Lipinski definition) is 1. The second-order valence-corrected chi connectivity index (χ2v) is 10.1. The molecule has 2 amide bonds. The first-order valence-corrected chi connectivity index (χ1v) is 13.1. The zero-order valence-electron chi connectivity index (χ0n) is 21.5. The van der Waals surface area contributed by atoms with E-state index in [0.717, 1.165) is 33.1 Å². The Bertz CT molecular complexity index is 1150. The summed E-state index contributed by atoms with van der Waals surface area (Å²) in [5, 5.41) is 3.09. The molecule has 3 rings (SSSR count). The number of hydrogen-bond acceptors (Lipinski definition) is 3. The van der Waals surface area contributed by atoms with E-state index in [-0.39, 0.29) is 24.5 Å². The van der Waals surface area contributed by atoms with E-state index < -0.39 is 6.04 Å². The van der Waals surface area contributed by atoms with Crippen molar-refractivity contribution in [3.8, 4) is 5.75 Å². The number of benzene rings is 3. The second-order valence-electron chi connectivity index (χ2n) is 9.23. The number of ether oxygens (including phenoxy) is 1. The smallest absolute Gasteiger partial charge is 0.261 e. The Morgan fingerprint density at radius 2 is 1.67 bits per heavy atom. The molecular weight excluding hydrogens is 516 g/mol. The summed E-state index contributed by atoms with van der Waals surface area (Å²) in [6, 6.07) is 22.8. The first-order chi connectivity index (χ1) is 17.3. The van der Waals surface area contributed by atoms with Gasteiger partial charge < -0.3 is 15.0 Å². The molecule has 0 unspecified atom stereocenters. The number of amides is 2. The Hall–Kier alpha value is -3.12. The molecule has 0 radical (unpaired) electrons. The molecule has 3 aromatic carbocycles. The lowest BCUT2D eigenvalue weighted by molar-refractivity contribution is -0.143. The highest BCUT2D eigenvalue weighted by atomic mass is 79.9. The minimum atomic E-state index is -0.680. The molecule has 0 fully saturated rings. The van der Waals surface area contributed by atoms with Crippen molar-refractivity contribution >= 4 is 27.7 Å². The van der Waals surface area contributed by atoms with Crippen molar-refractivity contribution in [1.29, 1.82) is 0 Å². The highest BCUT2D eigenvalue weighted by molar-refractivity contribution is 9.10. The number of aryl methyl sites for hydroxylation is 2. The molecule has 190 valence electrons. The van der Waals surface area contributed by atoms with Crippen LogP contribution in [0.3, 0.4) is 0 Å². The zero-order chi connectivity index (χ0) is 26.1. The number of rotatable bonds is 11. The number of nitrogens with one attached hydrogen (secondary N) is 1. The van der Waals surface area contributed by atoms with E-state index in [1.807, 2.05) is 100 Å². The van der Waals surface area contributed by atoms with Gasteiger partial charge >= 0.3 is 0 Å². The fourth-order valence-corrected chi connectivity index (χ4v) is 4.23. The van der Waals surface area contributed by atoms with Crippen LogP contribution in [0.2, 0.25) is 0 Å². The first kappa shape index (κ1) is 27.5. The van der Waals surface area contributed by atoms with E-state index in [9.17, 15) is 9.59 Å². The van der Waals surface area contributed by atoms with Gasteiger partial charge in [0.25, 0.3) is 5.91 Å². The maximum absolute atomic E-state index is 13.7. The standard InChI is InChI=1S/C30H35BrN2O3/c1-5-23(4)32-30(35)27(18-24-9-7-6-8-10-24)33(19-25-12-14-26(31)15-13-25)29(34)20-36-28-16-11-21(2)17-22(28)3/h6-17,23,27H,5,18-20H2,1-4H3,(H,32,35)/t23-,27-/m0/s1. The molecule has 5 nitrogen and oxygen atoms in total. The van der Waals surface area contributed by atoms with Crippen LogP contribution in [0.25, 0.3) is 0 Å². The van der Waals surface area contributed by atoms with Gasteiger partial charge in [0.15, 0.2) is 6.61 Å². The summed E-state index contributed by atoms with van der Waals surface area (Å²) in [6.07, 6.45) is 1.22. The van der Waals surface area contributed by atoms with Gasteiger partial charge in [-0.05, 0) is 62.1 Å². The Balaban J connectivity index is 1.91. The van der Waals surface area contributed by atoms with Gasteiger partial charge in [0.05, 0.1) is 0 Å². The summed E-state index contributed by atoms with van der Waals surface area (Å²) >= 11 is 3.47. The number of nitrogens with zero attached hydrogens (tertiary/aromatic N) is 1. The molecule has 0 aromatic heterocycles. The Labute approximate surface area is 223 Å². The molecule has 0 spiro atoms. The summed E-state index contributed by atoms with van der Waals surface area (Å²) in [4.78, 5) is 28.8. The average molecular weight is 552 g/mol. The van der Waals surface area contributed by atoms with Crippen molar-refractivity contribution in [3.63, 3.8) is 0 Å². The summed E-state index contributed by atoms with van der Waals surface area (Å²) in [5.74, 6) is 0.268. The quantitative estimate of drug-likeness (QED) is 0.318. The van der Waals surface area contributed by atoms with Crippen molar-refractivity contribution in [2.24, 2.45) is 0 Å². The summed E-state index contributed by atoms with van der Waals surface area (Å²) in [5.41, 5.74) is 4.03. The van der Waals surface area contributed by atoms with Crippen molar-refractivity contribution in [2.45, 2.75) is 59.2 Å². The largest absolute Gasteiger partial charge is 0.483 e. The predicted octanol–water partition coefficient (Wildman–Crippen LogP) is 6.00. The van der Waals surface area contributed by atoms with Gasteiger partial charge in [-0.25, -0.2) is 0 Å². The molecule has 3 aromatic rings. The van der Waals surface area contributed by atoms with Gasteiger partial charge in [0.2, 0.25) is 5.91 Å². The Morgan fingerprint density at radius 3 is 2.31 bits per heavy atom. The van der Waals surface area contributed by atoms with Crippen molar-refractivity contribution in [2.75, 3.05) is 6.61 Å². The molecule has 6 heteroatoms. The SMILES string of the molecule is CC[C@H](C)NC(=O)[C@H](Cc1ccccc1)N(Cc1ccc(Br)cc1)C(=O)COc1ccc(C)cc1C. The van der Waals surface area contributed by atoms with Gasteiger partial charge in [-0.2, -0.15) is 0 Å². The van der Waals surface area contributed by atoms with E-state index in [0.29, 0.717) is 18.7 Å². The van der Waals surface area contributed by atoms with Crippen LogP contribution in [0.15, 0.2) is 77.3 Å². The van der Waals surface area contributed by atoms with Crippen LogP contribution in [0.1, 0.15) is 42.5 Å². The molecule has 2 atom stereocenters. The van der Waals surface area contributed by atoms with Gasteiger partial charge in [-0.3, -0.25) is 9.59 Å². The van der Waals surface area contributed by atoms with Crippen molar-refractivity contribution < 1.29 is 14.3 Å². The van der Waals surface area contributed by atoms with Crippen LogP contribution in [0.5, 0.6) is 5.75 Å². The lowest BCUT2D eigenvalue weighted by atomic mass is 10.0. The molecule has 0 saturated carbocycles. The summed E-state index contributed by atoms with van der Waals surface area (Å²) in [7, 11) is 0. The normalized spacial score (nSPS) is 12.5. The van der Waals surface area contributed by atoms with E-state index >= 15 is 0 Å². The lowest BCUT2D eigenvalue weighted by Gasteiger charge is -2.32. The third-order valence-corrected chi connectivity index (χ3v) is 6.75. The third kappa shape index (κ3) is 7.95. The molecule has 0 saturated heterocycles. The van der Waals surface area contributed by atoms with Gasteiger partial charge in [0.1, 0.15) is 11.8 Å². The molecule has 1 N–H and O–H groups in total. The highest BCUT2D eigenvalue weighted by Gasteiger charge is 2.31. The monoisotopic (exact) mass is 550 g/mol. The zero-order valence-corrected chi connectivity index (χ0v) is 23.0. The highest BCUT2D eigenvalue weighted by Crippen LogP contribution is 2.21. The van der Waals surface area contributed by atoms with Gasteiger partial charge in [0, 0.05) is 23.5 Å². The van der Waals surface area contributed by atoms with Crippen molar-refractivity contribution in [1.82, 2.24) is 10.2 Å². The van der Waals surface area contributed by atoms with Crippen LogP contribution >= 0.6 is 15.9 Å². The predicted molar refractivity (Wildman–Crippen MR) is 148 cm³/mol. The maximum atomic E-state index is 13.7. The Morgan fingerprint density at radius 1 is 0.972 bits per heavy atom. The van der Waals surface area contributed by atoms with E-state index in [2.05, 4.69) is 21.2 Å². The lowest BCUT2D eigenvalue weighted by Crippen LogP contribution is -2.53. The Kier molecular flexibility index (Phi) is 10.1. The number of carbonyl (C=O) groups is 2. The fraction of sp³-hybridized carbons (Fsp3) is 0.333. The average Bonchev–Trinajstić information content (AvgIpc) is 2.87. The van der Waals surface area contributed by atoms with Crippen LogP contribution in [-0.4, -0.2) is 35.4 Å². The second kappa shape index (κ2) is 13.3. The minimum absolute atomic E-state index is 0.00636. The first-order valence-electron chi connectivity index (χ1n) is 12.3. The van der Waals surface area contributed by atoms with Crippen molar-refractivity contribution in [3.05, 3.63) is 99.5 Å². The number of halogens is 1. The van der Waals surface area contributed by atoms with Gasteiger partial charge in [-0.1, -0.05) is 83.0 Å². The van der Waals surface area contributed by atoms with Gasteiger partial charge in [-0.15, -0.1) is 0 Å². The maximum Gasteiger partial charge on any atom is 0.261 e. The molecule has 0 aliphatic carbocycles. The van der Waals surface area contributed by atoms with Crippen LogP contribution in [0, 0.1) is 13.8 Å². The van der Waals surface area contributed by atoms with Crippen LogP contribution in [0.4, 0.5) is 0 Å². The minimum Gasteiger partial charge on any atom is -0.483 e. The fourth-order valence-electron chi connectivity index (χ4n) is 3.97. The van der Waals surface area contributed by atoms with E-state index in [1.54, 1.807) is 4.90 Å². The van der Waals surface area contributed by atoms with Crippen LogP contribution in [-0.2, 0) is 22.6 Å². The molecule has 0 aliphatic heterocycles. The topological polar surface area (TPSA) is 58.6 Å². The molecule has 0 heterocycles. The molecule has 0 aliphatic rings. The third-order valence-electron chi connectivity index (χ3n) is 6.22. The molecular formula is C30H35BrN2O3. The molecule has 36 heavy (non-hydrogen) atoms. The summed E-state index contributed by atoms with van der Waals surface area (Å²) < 4.78 is 6.90. The van der Waals surface area contributed by atoms with E-state index in [1.165, 1.54) is 0 Å². The number of carbonyl (C=O) groups excluding carboxylic acids is 2. The van der Waals surface area contributed by atoms with E-state index in [4.69, 9.17) is 4.74 Å². The van der Waals surface area contributed by atoms with Crippen LogP contribution < -0.4 is 10.1 Å².